The van der Waals surface area contributed by atoms with Crippen LogP contribution < -0.4 is 10.1 Å². The molecule has 9 heteroatoms. The Hall–Kier alpha value is -1.96. The van der Waals surface area contributed by atoms with Crippen molar-refractivity contribution in [3.63, 3.8) is 0 Å². The Morgan fingerprint density at radius 2 is 1.87 bits per heavy atom. The second-order valence-electron chi connectivity index (χ2n) is 5.65. The largest absolute Gasteiger partial charge is 0.573 e. The molecule has 0 bridgehead atoms. The van der Waals surface area contributed by atoms with E-state index >= 15 is 0 Å². The van der Waals surface area contributed by atoms with Crippen molar-refractivity contribution in [1.29, 1.82) is 0 Å². The molecule has 128 valence electrons. The summed E-state index contributed by atoms with van der Waals surface area (Å²) in [6.45, 7) is 3.12. The number of anilines is 1. The van der Waals surface area contributed by atoms with Gasteiger partial charge >= 0.3 is 12.3 Å². The van der Waals surface area contributed by atoms with E-state index in [1.54, 1.807) is 13.8 Å². The van der Waals surface area contributed by atoms with E-state index in [-0.39, 0.29) is 23.6 Å². The number of hydrogen-bond acceptors (Lipinski definition) is 3. The van der Waals surface area contributed by atoms with Gasteiger partial charge < -0.3 is 15.2 Å². The molecule has 0 aliphatic heterocycles. The van der Waals surface area contributed by atoms with Gasteiger partial charge in [0, 0.05) is 11.4 Å². The van der Waals surface area contributed by atoms with Gasteiger partial charge in [-0.25, -0.2) is 0 Å². The third-order valence-electron chi connectivity index (χ3n) is 2.71. The Kier molecular flexibility index (Phi) is 5.87. The normalized spacial score (nSPS) is 11.9. The summed E-state index contributed by atoms with van der Waals surface area (Å²) in [4.78, 5) is 22.7. The van der Waals surface area contributed by atoms with Gasteiger partial charge in [0.05, 0.1) is 12.1 Å². The first-order valence-electron chi connectivity index (χ1n) is 6.45. The summed E-state index contributed by atoms with van der Waals surface area (Å²) in [5.74, 6) is -2.33. The highest BCUT2D eigenvalue weighted by molar-refractivity contribution is 6.31. The summed E-state index contributed by atoms with van der Waals surface area (Å²) in [5, 5.41) is 11.1. The third kappa shape index (κ3) is 7.23. The third-order valence-corrected chi connectivity index (χ3v) is 2.95. The van der Waals surface area contributed by atoms with Crippen LogP contribution in [0.2, 0.25) is 5.02 Å². The van der Waals surface area contributed by atoms with Crippen molar-refractivity contribution >= 4 is 29.2 Å². The molecule has 1 rings (SSSR count). The lowest BCUT2D eigenvalue weighted by Crippen LogP contribution is -2.25. The van der Waals surface area contributed by atoms with Crippen LogP contribution in [0.4, 0.5) is 18.9 Å². The van der Waals surface area contributed by atoms with Crippen LogP contribution in [0.1, 0.15) is 26.7 Å². The minimum absolute atomic E-state index is 0.111. The fourth-order valence-corrected chi connectivity index (χ4v) is 2.09. The molecule has 1 aromatic rings. The van der Waals surface area contributed by atoms with Crippen LogP contribution in [-0.4, -0.2) is 23.3 Å². The number of benzene rings is 1. The summed E-state index contributed by atoms with van der Waals surface area (Å²) in [7, 11) is 0. The number of carbonyl (C=O) groups is 2. The molecule has 0 saturated heterocycles. The number of halogens is 4. The zero-order valence-electron chi connectivity index (χ0n) is 12.3. The summed E-state index contributed by atoms with van der Waals surface area (Å²) in [6, 6.07) is 3.28. The lowest BCUT2D eigenvalue weighted by Gasteiger charge is -2.22. The Bertz CT molecular complexity index is 602. The highest BCUT2D eigenvalue weighted by Gasteiger charge is 2.32. The van der Waals surface area contributed by atoms with E-state index < -0.39 is 29.4 Å². The Morgan fingerprint density at radius 3 is 2.39 bits per heavy atom. The molecule has 2 N–H and O–H groups in total. The Balaban J connectivity index is 2.89. The molecule has 0 atom stereocenters. The zero-order chi connectivity index (χ0) is 17.8. The van der Waals surface area contributed by atoms with E-state index in [9.17, 15) is 22.8 Å². The van der Waals surface area contributed by atoms with Crippen molar-refractivity contribution in [1.82, 2.24) is 0 Å². The van der Waals surface area contributed by atoms with Gasteiger partial charge in [-0.15, -0.1) is 13.2 Å². The average molecular weight is 354 g/mol. The molecule has 23 heavy (non-hydrogen) atoms. The Labute approximate surface area is 135 Å². The molecule has 0 radical (unpaired) electrons. The van der Waals surface area contributed by atoms with Gasteiger partial charge in [0.2, 0.25) is 5.91 Å². The average Bonchev–Trinajstić information content (AvgIpc) is 2.28. The van der Waals surface area contributed by atoms with E-state index in [0.717, 1.165) is 12.1 Å². The highest BCUT2D eigenvalue weighted by atomic mass is 35.5. The number of alkyl halides is 3. The van der Waals surface area contributed by atoms with Gasteiger partial charge in [-0.3, -0.25) is 9.59 Å². The first-order chi connectivity index (χ1) is 10.4. The number of ether oxygens (including phenoxy) is 1. The SMILES string of the molecule is CC(C)(CC(=O)O)CC(=O)Nc1cc(Cl)ccc1OC(F)(F)F. The van der Waals surface area contributed by atoms with Crippen LogP contribution in [0.5, 0.6) is 5.75 Å². The topological polar surface area (TPSA) is 75.6 Å². The molecule has 0 heterocycles. The minimum Gasteiger partial charge on any atom is -0.481 e. The van der Waals surface area contributed by atoms with Crippen molar-refractivity contribution in [2.24, 2.45) is 5.41 Å². The van der Waals surface area contributed by atoms with E-state index in [4.69, 9.17) is 16.7 Å². The fourth-order valence-electron chi connectivity index (χ4n) is 1.91. The van der Waals surface area contributed by atoms with Crippen LogP contribution in [0.3, 0.4) is 0 Å². The molecule has 1 aromatic carbocycles. The minimum atomic E-state index is -4.92. The molecular weight excluding hydrogens is 339 g/mol. The van der Waals surface area contributed by atoms with Crippen LogP contribution >= 0.6 is 11.6 Å². The predicted octanol–water partition coefficient (Wildman–Crippen LogP) is 4.07. The lowest BCUT2D eigenvalue weighted by atomic mass is 9.85. The summed E-state index contributed by atoms with van der Waals surface area (Å²) in [6.07, 6.45) is -5.38. The number of amides is 1. The van der Waals surface area contributed by atoms with Crippen molar-refractivity contribution < 1.29 is 32.6 Å². The van der Waals surface area contributed by atoms with Gasteiger partial charge in [-0.2, -0.15) is 0 Å². The maximum absolute atomic E-state index is 12.3. The second-order valence-corrected chi connectivity index (χ2v) is 6.08. The first kappa shape index (κ1) is 19.1. The van der Waals surface area contributed by atoms with Crippen LogP contribution in [0, 0.1) is 5.41 Å². The van der Waals surface area contributed by atoms with Crippen molar-refractivity contribution in [3.8, 4) is 5.75 Å². The Morgan fingerprint density at radius 1 is 1.26 bits per heavy atom. The monoisotopic (exact) mass is 353 g/mol. The maximum Gasteiger partial charge on any atom is 0.573 e. The second kappa shape index (κ2) is 7.08. The van der Waals surface area contributed by atoms with Crippen LogP contribution in [0.25, 0.3) is 0 Å². The summed E-state index contributed by atoms with van der Waals surface area (Å²) in [5.41, 5.74) is -1.11. The number of aliphatic carboxylic acids is 1. The number of carboxylic acid groups (broad SMARTS) is 1. The van der Waals surface area contributed by atoms with E-state index in [1.807, 2.05) is 0 Å². The number of carbonyl (C=O) groups excluding carboxylic acids is 1. The van der Waals surface area contributed by atoms with Gasteiger partial charge in [0.1, 0.15) is 0 Å². The predicted molar refractivity (Wildman–Crippen MR) is 77.4 cm³/mol. The fraction of sp³-hybridized carbons (Fsp3) is 0.429. The van der Waals surface area contributed by atoms with Crippen molar-refractivity contribution in [2.45, 2.75) is 33.1 Å². The van der Waals surface area contributed by atoms with Gasteiger partial charge in [0.25, 0.3) is 0 Å². The molecule has 0 saturated carbocycles. The molecule has 0 fully saturated rings. The van der Waals surface area contributed by atoms with Crippen molar-refractivity contribution in [2.75, 3.05) is 5.32 Å². The molecule has 0 spiro atoms. The molecule has 0 aliphatic carbocycles. The standard InChI is InChI=1S/C14H15ClF3NO4/c1-13(2,7-12(21)22)6-11(20)19-9-5-8(15)3-4-10(9)23-14(16,17)18/h3-5H,6-7H2,1-2H3,(H,19,20)(H,21,22). The molecular formula is C14H15ClF3NO4. The molecule has 1 amide bonds. The highest BCUT2D eigenvalue weighted by Crippen LogP contribution is 2.33. The number of carboxylic acids is 1. The number of rotatable bonds is 6. The summed E-state index contributed by atoms with van der Waals surface area (Å²) < 4.78 is 40.8. The van der Waals surface area contributed by atoms with Gasteiger partial charge in [-0.05, 0) is 23.6 Å². The van der Waals surface area contributed by atoms with Crippen molar-refractivity contribution in [3.05, 3.63) is 23.2 Å². The van der Waals surface area contributed by atoms with Crippen LogP contribution in [-0.2, 0) is 9.59 Å². The van der Waals surface area contributed by atoms with E-state index in [0.29, 0.717) is 0 Å². The van der Waals surface area contributed by atoms with Gasteiger partial charge in [-0.1, -0.05) is 25.4 Å². The number of hydrogen-bond donors (Lipinski definition) is 2. The first-order valence-corrected chi connectivity index (χ1v) is 6.83. The molecule has 0 aromatic heterocycles. The summed E-state index contributed by atoms with van der Waals surface area (Å²) >= 11 is 5.71. The molecule has 0 unspecified atom stereocenters. The van der Waals surface area contributed by atoms with Gasteiger partial charge in [0.15, 0.2) is 5.75 Å². The molecule has 0 aliphatic rings. The zero-order valence-corrected chi connectivity index (χ0v) is 13.1. The maximum atomic E-state index is 12.3. The van der Waals surface area contributed by atoms with E-state index in [1.165, 1.54) is 6.07 Å². The lowest BCUT2D eigenvalue weighted by molar-refractivity contribution is -0.274. The van der Waals surface area contributed by atoms with E-state index in [2.05, 4.69) is 10.1 Å². The quantitative estimate of drug-likeness (QED) is 0.808. The number of nitrogens with one attached hydrogen (secondary N) is 1. The molecule has 5 nitrogen and oxygen atoms in total. The van der Waals surface area contributed by atoms with Crippen LogP contribution in [0.15, 0.2) is 18.2 Å². The smallest absolute Gasteiger partial charge is 0.481 e.